The highest BCUT2D eigenvalue weighted by Gasteiger charge is 2.09. The molecule has 0 saturated heterocycles. The molecule has 21 heavy (non-hydrogen) atoms. The minimum absolute atomic E-state index is 0.294. The maximum Gasteiger partial charge on any atom is 0.225 e. The van der Waals surface area contributed by atoms with Gasteiger partial charge in [0.2, 0.25) is 5.95 Å². The van der Waals surface area contributed by atoms with E-state index in [2.05, 4.69) is 34.4 Å². The fourth-order valence-electron chi connectivity index (χ4n) is 2.10. The molecule has 5 heteroatoms. The zero-order valence-corrected chi connectivity index (χ0v) is 13.0. The van der Waals surface area contributed by atoms with Gasteiger partial charge in [0.1, 0.15) is 5.82 Å². The lowest BCUT2D eigenvalue weighted by Crippen LogP contribution is -2.19. The molecular formula is C16H24N4O. The molecule has 0 radical (unpaired) electrons. The molecule has 1 unspecified atom stereocenters. The Morgan fingerprint density at radius 1 is 1.24 bits per heavy atom. The lowest BCUT2D eigenvalue weighted by Gasteiger charge is -2.16. The first-order chi connectivity index (χ1) is 10.2. The molecule has 0 bridgehead atoms. The van der Waals surface area contributed by atoms with Crippen LogP contribution < -0.4 is 10.6 Å². The van der Waals surface area contributed by atoms with Gasteiger partial charge in [-0.05, 0) is 31.9 Å². The quantitative estimate of drug-likeness (QED) is 0.780. The van der Waals surface area contributed by atoms with Crippen molar-refractivity contribution in [2.75, 3.05) is 30.9 Å². The molecule has 114 valence electrons. The molecule has 0 aliphatic carbocycles. The van der Waals surface area contributed by atoms with Gasteiger partial charge in [0.05, 0.1) is 5.52 Å². The van der Waals surface area contributed by atoms with Crippen LogP contribution >= 0.6 is 0 Å². The topological polar surface area (TPSA) is 59.1 Å². The van der Waals surface area contributed by atoms with Gasteiger partial charge in [-0.2, -0.15) is 4.98 Å². The monoisotopic (exact) mass is 288 g/mol. The summed E-state index contributed by atoms with van der Waals surface area (Å²) in [5.41, 5.74) is 0.951. The van der Waals surface area contributed by atoms with Crippen molar-refractivity contribution in [2.45, 2.75) is 32.7 Å². The number of benzene rings is 1. The van der Waals surface area contributed by atoms with Crippen LogP contribution in [0.25, 0.3) is 10.9 Å². The normalized spacial score (nSPS) is 12.3. The van der Waals surface area contributed by atoms with E-state index in [0.29, 0.717) is 12.0 Å². The second kappa shape index (κ2) is 7.78. The molecule has 5 nitrogen and oxygen atoms in total. The maximum atomic E-state index is 5.13. The van der Waals surface area contributed by atoms with Crippen molar-refractivity contribution in [3.8, 4) is 0 Å². The number of methoxy groups -OCH3 is 1. The molecule has 2 rings (SSSR count). The average Bonchev–Trinajstić information content (AvgIpc) is 2.51. The number of ether oxygens (including phenoxy) is 1. The van der Waals surface area contributed by atoms with Crippen molar-refractivity contribution in [1.82, 2.24) is 9.97 Å². The Hall–Kier alpha value is -1.88. The average molecular weight is 288 g/mol. The highest BCUT2D eigenvalue weighted by atomic mass is 16.5. The van der Waals surface area contributed by atoms with Gasteiger partial charge in [-0.25, -0.2) is 4.98 Å². The lowest BCUT2D eigenvalue weighted by molar-refractivity contribution is 0.191. The molecule has 1 atom stereocenters. The Kier molecular flexibility index (Phi) is 5.75. The number of nitrogens with one attached hydrogen (secondary N) is 2. The molecular weight excluding hydrogens is 264 g/mol. The number of nitrogens with zero attached hydrogens (tertiary/aromatic N) is 2. The summed E-state index contributed by atoms with van der Waals surface area (Å²) in [6.07, 6.45) is 1.98. The number of hydrogen-bond donors (Lipinski definition) is 2. The van der Waals surface area contributed by atoms with Crippen LogP contribution in [0.4, 0.5) is 11.8 Å². The Labute approximate surface area is 126 Å². The summed E-state index contributed by atoms with van der Waals surface area (Å²) in [4.78, 5) is 9.17. The van der Waals surface area contributed by atoms with Crippen LogP contribution in [-0.2, 0) is 4.74 Å². The van der Waals surface area contributed by atoms with Gasteiger partial charge in [-0.15, -0.1) is 0 Å². The zero-order valence-electron chi connectivity index (χ0n) is 13.0. The van der Waals surface area contributed by atoms with Gasteiger partial charge in [0.25, 0.3) is 0 Å². The van der Waals surface area contributed by atoms with Gasteiger partial charge in [0.15, 0.2) is 0 Å². The third-order valence-electron chi connectivity index (χ3n) is 3.27. The van der Waals surface area contributed by atoms with E-state index in [1.165, 1.54) is 0 Å². The summed E-state index contributed by atoms with van der Waals surface area (Å²) in [6.45, 7) is 5.87. The van der Waals surface area contributed by atoms with E-state index in [1.807, 2.05) is 24.3 Å². The number of rotatable bonds is 8. The van der Waals surface area contributed by atoms with Crippen molar-refractivity contribution in [3.63, 3.8) is 0 Å². The van der Waals surface area contributed by atoms with E-state index in [4.69, 9.17) is 4.74 Å². The second-order valence-corrected chi connectivity index (χ2v) is 5.17. The van der Waals surface area contributed by atoms with Crippen molar-refractivity contribution in [1.29, 1.82) is 0 Å². The van der Waals surface area contributed by atoms with E-state index in [1.54, 1.807) is 7.11 Å². The highest BCUT2D eigenvalue weighted by Crippen LogP contribution is 2.22. The molecule has 1 aromatic carbocycles. The number of anilines is 2. The van der Waals surface area contributed by atoms with E-state index < -0.39 is 0 Å². The third kappa shape index (κ3) is 4.29. The first kappa shape index (κ1) is 15.5. The summed E-state index contributed by atoms with van der Waals surface area (Å²) < 4.78 is 5.13. The van der Waals surface area contributed by atoms with Crippen molar-refractivity contribution < 1.29 is 4.74 Å². The second-order valence-electron chi connectivity index (χ2n) is 5.17. The van der Waals surface area contributed by atoms with Crippen LogP contribution in [0.2, 0.25) is 0 Å². The summed E-state index contributed by atoms with van der Waals surface area (Å²) in [7, 11) is 1.72. The zero-order chi connectivity index (χ0) is 15.1. The Balaban J connectivity index is 2.26. The van der Waals surface area contributed by atoms with Gasteiger partial charge in [-0.3, -0.25) is 0 Å². The molecule has 2 N–H and O–H groups in total. The number of hydrogen-bond acceptors (Lipinski definition) is 5. The number of para-hydroxylation sites is 1. The predicted octanol–water partition coefficient (Wildman–Crippen LogP) is 3.29. The fraction of sp³-hybridized carbons (Fsp3) is 0.500. The Morgan fingerprint density at radius 2 is 2.05 bits per heavy atom. The molecule has 0 saturated carbocycles. The van der Waals surface area contributed by atoms with Crippen LogP contribution in [0.1, 0.15) is 26.7 Å². The van der Waals surface area contributed by atoms with E-state index in [-0.39, 0.29) is 0 Å². The lowest BCUT2D eigenvalue weighted by atomic mass is 10.2. The third-order valence-corrected chi connectivity index (χ3v) is 3.27. The SMILES string of the molecule is CCCNc1nc(NC(C)CCOC)c2ccccc2n1. The molecule has 0 aliphatic heterocycles. The van der Waals surface area contributed by atoms with Crippen LogP contribution in [0.5, 0.6) is 0 Å². The minimum atomic E-state index is 0.294. The van der Waals surface area contributed by atoms with Crippen LogP contribution in [-0.4, -0.2) is 36.3 Å². The van der Waals surface area contributed by atoms with Crippen LogP contribution in [0, 0.1) is 0 Å². The molecule has 0 fully saturated rings. The summed E-state index contributed by atoms with van der Waals surface area (Å²) >= 11 is 0. The first-order valence-electron chi connectivity index (χ1n) is 7.50. The Morgan fingerprint density at radius 3 is 2.81 bits per heavy atom. The fourth-order valence-corrected chi connectivity index (χ4v) is 2.10. The maximum absolute atomic E-state index is 5.13. The van der Waals surface area contributed by atoms with Crippen molar-refractivity contribution in [2.24, 2.45) is 0 Å². The van der Waals surface area contributed by atoms with Gasteiger partial charge < -0.3 is 15.4 Å². The van der Waals surface area contributed by atoms with Gasteiger partial charge >= 0.3 is 0 Å². The molecule has 1 aromatic heterocycles. The van der Waals surface area contributed by atoms with Crippen molar-refractivity contribution >= 4 is 22.7 Å². The molecule has 0 spiro atoms. The molecule has 0 amide bonds. The largest absolute Gasteiger partial charge is 0.385 e. The standard InChI is InChI=1S/C16H24N4O/c1-4-10-17-16-19-14-8-6-5-7-13(14)15(20-16)18-12(2)9-11-21-3/h5-8,12H,4,9-11H2,1-3H3,(H2,17,18,19,20). The molecule has 1 heterocycles. The van der Waals surface area contributed by atoms with E-state index >= 15 is 0 Å². The predicted molar refractivity (Wildman–Crippen MR) is 87.9 cm³/mol. The van der Waals surface area contributed by atoms with Gasteiger partial charge in [0, 0.05) is 31.7 Å². The van der Waals surface area contributed by atoms with Crippen LogP contribution in [0.15, 0.2) is 24.3 Å². The number of aromatic nitrogens is 2. The smallest absolute Gasteiger partial charge is 0.225 e. The Bertz CT molecular complexity index is 573. The first-order valence-corrected chi connectivity index (χ1v) is 7.50. The summed E-state index contributed by atoms with van der Waals surface area (Å²) in [5, 5.41) is 7.77. The molecule has 0 aliphatic rings. The van der Waals surface area contributed by atoms with Crippen LogP contribution in [0.3, 0.4) is 0 Å². The number of fused-ring (bicyclic) bond motifs is 1. The minimum Gasteiger partial charge on any atom is -0.385 e. The van der Waals surface area contributed by atoms with E-state index in [9.17, 15) is 0 Å². The summed E-state index contributed by atoms with van der Waals surface area (Å²) in [5.74, 6) is 1.56. The summed E-state index contributed by atoms with van der Waals surface area (Å²) in [6, 6.07) is 8.36. The molecule has 2 aromatic rings. The van der Waals surface area contributed by atoms with Crippen molar-refractivity contribution in [3.05, 3.63) is 24.3 Å². The highest BCUT2D eigenvalue weighted by molar-refractivity contribution is 5.90. The van der Waals surface area contributed by atoms with Gasteiger partial charge in [-0.1, -0.05) is 19.1 Å². The van der Waals surface area contributed by atoms with E-state index in [0.717, 1.165) is 42.7 Å².